The number of hydrogen-bond donors (Lipinski definition) is 1. The molecule has 2 aromatic rings. The van der Waals surface area contributed by atoms with Crippen molar-refractivity contribution in [2.45, 2.75) is 19.9 Å². The molecule has 0 bridgehead atoms. The molecule has 2 aromatic carbocycles. The van der Waals surface area contributed by atoms with Gasteiger partial charge >= 0.3 is 0 Å². The maximum atomic E-state index is 14.2. The molecule has 2 nitrogen and oxygen atoms in total. The van der Waals surface area contributed by atoms with Crippen LogP contribution in [0.5, 0.6) is 5.75 Å². The van der Waals surface area contributed by atoms with Gasteiger partial charge in [-0.1, -0.05) is 36.7 Å². The van der Waals surface area contributed by atoms with Crippen molar-refractivity contribution in [1.82, 2.24) is 5.32 Å². The monoisotopic (exact) mass is 307 g/mol. The zero-order chi connectivity index (χ0) is 15.2. The van der Waals surface area contributed by atoms with Crippen LogP contribution in [-0.2, 0) is 0 Å². The molecule has 0 heterocycles. The zero-order valence-electron chi connectivity index (χ0n) is 12.2. The summed E-state index contributed by atoms with van der Waals surface area (Å²) in [6.07, 6.45) is 0. The highest BCUT2D eigenvalue weighted by Crippen LogP contribution is 2.27. The van der Waals surface area contributed by atoms with E-state index in [4.69, 9.17) is 16.3 Å². The van der Waals surface area contributed by atoms with Gasteiger partial charge in [-0.15, -0.1) is 0 Å². The first-order valence-corrected chi connectivity index (χ1v) is 7.44. The van der Waals surface area contributed by atoms with E-state index in [0.717, 1.165) is 17.9 Å². The van der Waals surface area contributed by atoms with Crippen LogP contribution in [0.2, 0.25) is 5.02 Å². The maximum absolute atomic E-state index is 14.2. The summed E-state index contributed by atoms with van der Waals surface area (Å²) in [6, 6.07) is 12.3. The van der Waals surface area contributed by atoms with Crippen LogP contribution in [0, 0.1) is 5.82 Å². The third-order valence-corrected chi connectivity index (χ3v) is 3.44. The van der Waals surface area contributed by atoms with Gasteiger partial charge in [-0.3, -0.25) is 0 Å². The summed E-state index contributed by atoms with van der Waals surface area (Å²) >= 11 is 5.82. The molecular weight excluding hydrogens is 289 g/mol. The minimum absolute atomic E-state index is 0.206. The van der Waals surface area contributed by atoms with Gasteiger partial charge in [-0.25, -0.2) is 4.39 Å². The molecule has 21 heavy (non-hydrogen) atoms. The number of benzene rings is 2. The third kappa shape index (κ3) is 3.96. The van der Waals surface area contributed by atoms with Crippen molar-refractivity contribution in [2.75, 3.05) is 13.2 Å². The van der Waals surface area contributed by atoms with Gasteiger partial charge in [0.25, 0.3) is 0 Å². The van der Waals surface area contributed by atoms with Crippen LogP contribution in [-0.4, -0.2) is 13.2 Å². The first kappa shape index (κ1) is 15.8. The predicted molar refractivity (Wildman–Crippen MR) is 84.5 cm³/mol. The summed E-state index contributed by atoms with van der Waals surface area (Å²) < 4.78 is 19.6. The highest BCUT2D eigenvalue weighted by Gasteiger charge is 2.17. The fourth-order valence-corrected chi connectivity index (χ4v) is 2.43. The van der Waals surface area contributed by atoms with E-state index in [1.165, 1.54) is 6.07 Å². The Labute approximate surface area is 129 Å². The number of ether oxygens (including phenoxy) is 1. The molecule has 1 unspecified atom stereocenters. The number of nitrogens with one attached hydrogen (secondary N) is 1. The molecule has 1 N–H and O–H groups in total. The van der Waals surface area contributed by atoms with Gasteiger partial charge in [-0.05, 0) is 43.3 Å². The number of halogens is 2. The molecule has 0 aliphatic carbocycles. The Hall–Kier alpha value is -1.58. The van der Waals surface area contributed by atoms with E-state index in [1.807, 2.05) is 38.1 Å². The standard InChI is InChI=1S/C17H19ClFNO/c1-3-20-17(15-10-7-13(18)11-16(15)19)12-5-8-14(9-6-12)21-4-2/h5-11,17,20H,3-4H2,1-2H3. The molecule has 0 aliphatic heterocycles. The van der Waals surface area contributed by atoms with E-state index in [9.17, 15) is 4.39 Å². The van der Waals surface area contributed by atoms with E-state index in [1.54, 1.807) is 12.1 Å². The fraction of sp³-hybridized carbons (Fsp3) is 0.294. The molecule has 0 radical (unpaired) electrons. The van der Waals surface area contributed by atoms with E-state index in [2.05, 4.69) is 5.32 Å². The fourth-order valence-electron chi connectivity index (χ4n) is 2.27. The third-order valence-electron chi connectivity index (χ3n) is 3.21. The predicted octanol–water partition coefficient (Wildman–Crippen LogP) is 4.58. The smallest absolute Gasteiger partial charge is 0.129 e. The molecule has 112 valence electrons. The van der Waals surface area contributed by atoms with Crippen LogP contribution in [0.3, 0.4) is 0 Å². The molecule has 0 fully saturated rings. The van der Waals surface area contributed by atoms with E-state index >= 15 is 0 Å². The van der Waals surface area contributed by atoms with Gasteiger partial charge < -0.3 is 10.1 Å². The van der Waals surface area contributed by atoms with Gasteiger partial charge in [0.05, 0.1) is 12.6 Å². The molecule has 0 amide bonds. The summed E-state index contributed by atoms with van der Waals surface area (Å²) in [4.78, 5) is 0. The summed E-state index contributed by atoms with van der Waals surface area (Å²) in [5.41, 5.74) is 1.58. The van der Waals surface area contributed by atoms with Crippen LogP contribution in [0.4, 0.5) is 4.39 Å². The SMILES string of the molecule is CCNC(c1ccc(OCC)cc1)c1ccc(Cl)cc1F. The molecule has 0 aliphatic rings. The first-order valence-electron chi connectivity index (χ1n) is 7.06. The Morgan fingerprint density at radius 3 is 2.43 bits per heavy atom. The van der Waals surface area contributed by atoms with E-state index in [-0.39, 0.29) is 11.9 Å². The molecule has 0 aromatic heterocycles. The van der Waals surface area contributed by atoms with Crippen LogP contribution < -0.4 is 10.1 Å². The van der Waals surface area contributed by atoms with Gasteiger partial charge in [0.2, 0.25) is 0 Å². The van der Waals surface area contributed by atoms with Gasteiger partial charge in [0, 0.05) is 10.6 Å². The molecule has 0 spiro atoms. The van der Waals surface area contributed by atoms with E-state index in [0.29, 0.717) is 17.2 Å². The van der Waals surface area contributed by atoms with Gasteiger partial charge in [-0.2, -0.15) is 0 Å². The van der Waals surface area contributed by atoms with Crippen molar-refractivity contribution < 1.29 is 9.13 Å². The van der Waals surface area contributed by atoms with Gasteiger partial charge in [0.1, 0.15) is 11.6 Å². The quantitative estimate of drug-likeness (QED) is 0.843. The molecule has 4 heteroatoms. The lowest BCUT2D eigenvalue weighted by Gasteiger charge is -2.20. The van der Waals surface area contributed by atoms with Crippen LogP contribution >= 0.6 is 11.6 Å². The van der Waals surface area contributed by atoms with Crippen molar-refractivity contribution in [3.63, 3.8) is 0 Å². The summed E-state index contributed by atoms with van der Waals surface area (Å²) in [6.45, 7) is 5.30. The molecule has 0 saturated heterocycles. The average molecular weight is 308 g/mol. The second-order valence-electron chi connectivity index (χ2n) is 4.66. The van der Waals surface area contributed by atoms with Crippen LogP contribution in [0.1, 0.15) is 31.0 Å². The summed E-state index contributed by atoms with van der Waals surface area (Å²) in [7, 11) is 0. The summed E-state index contributed by atoms with van der Waals surface area (Å²) in [5.74, 6) is 0.510. The highest BCUT2D eigenvalue weighted by atomic mass is 35.5. The second-order valence-corrected chi connectivity index (χ2v) is 5.10. The second kappa shape index (κ2) is 7.43. The van der Waals surface area contributed by atoms with Crippen molar-refractivity contribution in [3.05, 3.63) is 64.4 Å². The average Bonchev–Trinajstić information content (AvgIpc) is 2.47. The number of rotatable bonds is 6. The summed E-state index contributed by atoms with van der Waals surface area (Å²) in [5, 5.41) is 3.70. The lowest BCUT2D eigenvalue weighted by molar-refractivity contribution is 0.340. The lowest BCUT2D eigenvalue weighted by Crippen LogP contribution is -2.23. The Bertz CT molecular complexity index is 586. The normalized spacial score (nSPS) is 12.2. The Balaban J connectivity index is 2.33. The molecule has 1 atom stereocenters. The minimum Gasteiger partial charge on any atom is -0.494 e. The van der Waals surface area contributed by atoms with Crippen molar-refractivity contribution in [1.29, 1.82) is 0 Å². The minimum atomic E-state index is -0.303. The topological polar surface area (TPSA) is 21.3 Å². The van der Waals surface area contributed by atoms with Crippen molar-refractivity contribution in [3.8, 4) is 5.75 Å². The van der Waals surface area contributed by atoms with Crippen LogP contribution in [0.25, 0.3) is 0 Å². The molecular formula is C17H19ClFNO. The lowest BCUT2D eigenvalue weighted by atomic mass is 9.98. The Morgan fingerprint density at radius 1 is 1.14 bits per heavy atom. The number of hydrogen-bond acceptors (Lipinski definition) is 2. The largest absolute Gasteiger partial charge is 0.494 e. The molecule has 0 saturated carbocycles. The van der Waals surface area contributed by atoms with Crippen molar-refractivity contribution >= 4 is 11.6 Å². The van der Waals surface area contributed by atoms with Gasteiger partial charge in [0.15, 0.2) is 0 Å². The Morgan fingerprint density at radius 2 is 1.86 bits per heavy atom. The highest BCUT2D eigenvalue weighted by molar-refractivity contribution is 6.30. The maximum Gasteiger partial charge on any atom is 0.129 e. The Kier molecular flexibility index (Phi) is 5.59. The van der Waals surface area contributed by atoms with Crippen LogP contribution in [0.15, 0.2) is 42.5 Å². The van der Waals surface area contributed by atoms with Crippen molar-refractivity contribution in [2.24, 2.45) is 0 Å². The van der Waals surface area contributed by atoms with E-state index < -0.39 is 0 Å². The first-order chi connectivity index (χ1) is 10.2. The molecule has 2 rings (SSSR count). The zero-order valence-corrected chi connectivity index (χ0v) is 13.0.